The van der Waals surface area contributed by atoms with Crippen molar-refractivity contribution in [2.75, 3.05) is 31.6 Å². The van der Waals surface area contributed by atoms with Gasteiger partial charge >= 0.3 is 0 Å². The highest BCUT2D eigenvalue weighted by atomic mass is 35.5. The molecule has 2 aromatic carbocycles. The predicted molar refractivity (Wildman–Crippen MR) is 114 cm³/mol. The number of aromatic nitrogens is 1. The Kier molecular flexibility index (Phi) is 5.83. The highest BCUT2D eigenvalue weighted by Gasteiger charge is 2.24. The molecule has 30 heavy (non-hydrogen) atoms. The second-order valence-corrected chi connectivity index (χ2v) is 7.41. The van der Waals surface area contributed by atoms with E-state index in [0.29, 0.717) is 42.4 Å². The molecule has 1 aliphatic rings. The average molecular weight is 426 g/mol. The number of carbonyl (C=O) groups is 3. The molecule has 3 aromatic rings. The van der Waals surface area contributed by atoms with Crippen LogP contribution in [0.4, 0.5) is 5.69 Å². The average Bonchev–Trinajstić information content (AvgIpc) is 3.14. The Balaban J connectivity index is 1.57. The molecule has 4 rings (SSSR count). The minimum atomic E-state index is -0.750. The molecule has 0 spiro atoms. The summed E-state index contributed by atoms with van der Waals surface area (Å²) in [6.07, 6.45) is 1.58. The lowest BCUT2D eigenvalue weighted by Crippen LogP contribution is -2.42. The number of hydrogen-bond acceptors (Lipinski definition) is 4. The third-order valence-corrected chi connectivity index (χ3v) is 5.26. The topological polar surface area (TPSA) is 80.6 Å². The maximum absolute atomic E-state index is 12.9. The molecule has 154 valence electrons. The van der Waals surface area contributed by atoms with Gasteiger partial charge < -0.3 is 19.5 Å². The minimum absolute atomic E-state index is 0.0522. The van der Waals surface area contributed by atoms with Crippen molar-refractivity contribution in [1.29, 1.82) is 0 Å². The van der Waals surface area contributed by atoms with Gasteiger partial charge in [-0.3, -0.25) is 14.4 Å². The summed E-state index contributed by atoms with van der Waals surface area (Å²) in [5.74, 6) is -1.47. The van der Waals surface area contributed by atoms with Crippen LogP contribution in [0.2, 0.25) is 5.02 Å². The van der Waals surface area contributed by atoms with Gasteiger partial charge in [0.05, 0.1) is 18.8 Å². The van der Waals surface area contributed by atoms with E-state index in [4.69, 9.17) is 16.3 Å². The van der Waals surface area contributed by atoms with Crippen LogP contribution < -0.4 is 5.32 Å². The standard InChI is InChI=1S/C22H20ClN3O4/c23-15-5-7-16(8-6-15)24-22(29)21(28)18-13-26(19-4-2-1-3-17(18)19)14-20(27)25-9-11-30-12-10-25/h1-8,13H,9-12,14H2,(H,24,29). The van der Waals surface area contributed by atoms with Crippen molar-refractivity contribution in [3.8, 4) is 0 Å². The van der Waals surface area contributed by atoms with E-state index in [1.165, 1.54) is 0 Å². The highest BCUT2D eigenvalue weighted by Crippen LogP contribution is 2.23. The van der Waals surface area contributed by atoms with E-state index < -0.39 is 11.7 Å². The molecule has 8 heteroatoms. The largest absolute Gasteiger partial charge is 0.378 e. The van der Waals surface area contributed by atoms with Crippen LogP contribution in [0.5, 0.6) is 0 Å². The third kappa shape index (κ3) is 4.22. The van der Waals surface area contributed by atoms with Crippen molar-refractivity contribution in [3.05, 3.63) is 65.3 Å². The number of morpholine rings is 1. The third-order valence-electron chi connectivity index (χ3n) is 5.01. The molecular weight excluding hydrogens is 406 g/mol. The van der Waals surface area contributed by atoms with Gasteiger partial charge in [-0.1, -0.05) is 29.8 Å². The summed E-state index contributed by atoms with van der Waals surface area (Å²) in [4.78, 5) is 39.8. The van der Waals surface area contributed by atoms with Crippen LogP contribution in [0, 0.1) is 0 Å². The van der Waals surface area contributed by atoms with Crippen molar-refractivity contribution in [1.82, 2.24) is 9.47 Å². The molecule has 0 unspecified atom stereocenters. The predicted octanol–water partition coefficient (Wildman–Crippen LogP) is 2.97. The van der Waals surface area contributed by atoms with Crippen LogP contribution in [0.15, 0.2) is 54.7 Å². The van der Waals surface area contributed by atoms with Crippen LogP contribution in [0.25, 0.3) is 10.9 Å². The van der Waals surface area contributed by atoms with Gasteiger partial charge in [0.25, 0.3) is 11.7 Å². The van der Waals surface area contributed by atoms with Gasteiger partial charge in [-0.05, 0) is 30.3 Å². The lowest BCUT2D eigenvalue weighted by Gasteiger charge is -2.27. The number of amides is 2. The SMILES string of the molecule is O=C(Nc1ccc(Cl)cc1)C(=O)c1cn(CC(=O)N2CCOCC2)c2ccccc12. The molecule has 2 amide bonds. The van der Waals surface area contributed by atoms with Gasteiger partial charge in [-0.15, -0.1) is 0 Å². The minimum Gasteiger partial charge on any atom is -0.378 e. The maximum Gasteiger partial charge on any atom is 0.296 e. The summed E-state index contributed by atoms with van der Waals surface area (Å²) in [6.45, 7) is 2.23. The van der Waals surface area contributed by atoms with Gasteiger partial charge in [0, 0.05) is 40.9 Å². The van der Waals surface area contributed by atoms with E-state index in [9.17, 15) is 14.4 Å². The van der Waals surface area contributed by atoms with Crippen molar-refractivity contribution in [2.45, 2.75) is 6.54 Å². The smallest absolute Gasteiger partial charge is 0.296 e. The number of para-hydroxylation sites is 1. The van der Waals surface area contributed by atoms with Gasteiger partial charge in [-0.2, -0.15) is 0 Å². The lowest BCUT2D eigenvalue weighted by atomic mass is 10.1. The summed E-state index contributed by atoms with van der Waals surface area (Å²) in [5.41, 5.74) is 1.46. The molecule has 0 bridgehead atoms. The number of Topliss-reactive ketones (excluding diaryl/α,β-unsaturated/α-hetero) is 1. The zero-order chi connectivity index (χ0) is 21.1. The molecule has 0 radical (unpaired) electrons. The van der Waals surface area contributed by atoms with E-state index >= 15 is 0 Å². The Labute approximate surface area is 178 Å². The summed E-state index contributed by atoms with van der Waals surface area (Å²) in [7, 11) is 0. The molecular formula is C22H20ClN3O4. The fraction of sp³-hybridized carbons (Fsp3) is 0.227. The van der Waals surface area contributed by atoms with E-state index in [1.807, 2.05) is 12.1 Å². The molecule has 2 heterocycles. The van der Waals surface area contributed by atoms with Crippen LogP contribution in [0.1, 0.15) is 10.4 Å². The van der Waals surface area contributed by atoms with E-state index in [1.54, 1.807) is 52.1 Å². The first-order valence-electron chi connectivity index (χ1n) is 9.57. The first kappa shape index (κ1) is 20.1. The van der Waals surface area contributed by atoms with Crippen molar-refractivity contribution >= 4 is 45.8 Å². The molecule has 0 aliphatic carbocycles. The monoisotopic (exact) mass is 425 g/mol. The molecule has 1 aromatic heterocycles. The number of nitrogens with one attached hydrogen (secondary N) is 1. The molecule has 7 nitrogen and oxygen atoms in total. The van der Waals surface area contributed by atoms with Crippen molar-refractivity contribution in [3.63, 3.8) is 0 Å². The zero-order valence-corrected chi connectivity index (χ0v) is 16.9. The number of benzene rings is 2. The van der Waals surface area contributed by atoms with Gasteiger partial charge in [0.15, 0.2) is 0 Å². The quantitative estimate of drug-likeness (QED) is 0.503. The number of anilines is 1. The lowest BCUT2D eigenvalue weighted by molar-refractivity contribution is -0.135. The number of fused-ring (bicyclic) bond motifs is 1. The second-order valence-electron chi connectivity index (χ2n) is 6.97. The summed E-state index contributed by atoms with van der Waals surface area (Å²) in [6, 6.07) is 13.7. The zero-order valence-electron chi connectivity index (χ0n) is 16.1. The van der Waals surface area contributed by atoms with Crippen LogP contribution in [-0.2, 0) is 20.9 Å². The van der Waals surface area contributed by atoms with Gasteiger partial charge in [0.1, 0.15) is 6.54 Å². The van der Waals surface area contributed by atoms with E-state index in [2.05, 4.69) is 5.32 Å². The van der Waals surface area contributed by atoms with E-state index in [-0.39, 0.29) is 18.0 Å². The van der Waals surface area contributed by atoms with Gasteiger partial charge in [0.2, 0.25) is 5.91 Å². The highest BCUT2D eigenvalue weighted by molar-refractivity contribution is 6.48. The van der Waals surface area contributed by atoms with Crippen LogP contribution in [-0.4, -0.2) is 53.4 Å². The Morgan fingerprint density at radius 1 is 1.00 bits per heavy atom. The Morgan fingerprint density at radius 2 is 1.70 bits per heavy atom. The summed E-state index contributed by atoms with van der Waals surface area (Å²) >= 11 is 5.85. The number of carbonyl (C=O) groups excluding carboxylic acids is 3. The molecule has 1 saturated heterocycles. The Hall–Kier alpha value is -3.16. The Morgan fingerprint density at radius 3 is 2.43 bits per heavy atom. The number of ether oxygens (including phenoxy) is 1. The first-order valence-corrected chi connectivity index (χ1v) is 9.95. The van der Waals surface area contributed by atoms with Crippen LogP contribution in [0.3, 0.4) is 0 Å². The molecule has 1 aliphatic heterocycles. The van der Waals surface area contributed by atoms with Crippen molar-refractivity contribution in [2.24, 2.45) is 0 Å². The molecule has 1 fully saturated rings. The molecule has 0 atom stereocenters. The molecule has 0 saturated carbocycles. The van der Waals surface area contributed by atoms with Crippen molar-refractivity contribution < 1.29 is 19.1 Å². The maximum atomic E-state index is 12.9. The summed E-state index contributed by atoms with van der Waals surface area (Å²) < 4.78 is 7.01. The fourth-order valence-electron chi connectivity index (χ4n) is 3.46. The van der Waals surface area contributed by atoms with Crippen LogP contribution >= 0.6 is 11.6 Å². The second kappa shape index (κ2) is 8.69. The number of nitrogens with zero attached hydrogens (tertiary/aromatic N) is 2. The number of halogens is 1. The molecule has 1 N–H and O–H groups in total. The summed E-state index contributed by atoms with van der Waals surface area (Å²) in [5, 5.41) is 3.75. The normalized spacial score (nSPS) is 14.0. The first-order chi connectivity index (χ1) is 14.5. The number of ketones is 1. The van der Waals surface area contributed by atoms with E-state index in [0.717, 1.165) is 5.52 Å². The Bertz CT molecular complexity index is 1100. The number of hydrogen-bond donors (Lipinski definition) is 1. The number of rotatable bonds is 5. The van der Waals surface area contributed by atoms with Gasteiger partial charge in [-0.25, -0.2) is 0 Å². The fourth-order valence-corrected chi connectivity index (χ4v) is 3.59.